The number of benzene rings is 1. The highest BCUT2D eigenvalue weighted by Crippen LogP contribution is 2.33. The predicted molar refractivity (Wildman–Crippen MR) is 70.2 cm³/mol. The first-order chi connectivity index (χ1) is 8.69. The van der Waals surface area contributed by atoms with E-state index in [9.17, 15) is 0 Å². The Kier molecular flexibility index (Phi) is 4.09. The molecule has 1 fully saturated rings. The van der Waals surface area contributed by atoms with Crippen LogP contribution in [-0.2, 0) is 11.2 Å². The van der Waals surface area contributed by atoms with Crippen LogP contribution in [0.3, 0.4) is 0 Å². The Bertz CT molecular complexity index is 408. The summed E-state index contributed by atoms with van der Waals surface area (Å²) >= 11 is 0. The molecule has 2 N–H and O–H groups in total. The minimum Gasteiger partial charge on any atom is -0.493 e. The second kappa shape index (κ2) is 5.59. The molecule has 0 heterocycles. The minimum absolute atomic E-state index is 0.0198. The molecule has 0 aliphatic heterocycles. The third kappa shape index (κ3) is 2.44. The van der Waals surface area contributed by atoms with E-state index < -0.39 is 0 Å². The van der Waals surface area contributed by atoms with Gasteiger partial charge in [-0.15, -0.1) is 0 Å². The van der Waals surface area contributed by atoms with Crippen LogP contribution in [0, 0.1) is 0 Å². The molecule has 2 rings (SSSR count). The topological polar surface area (TPSA) is 53.7 Å². The number of aryl methyl sites for hydroxylation is 1. The molecule has 0 spiro atoms. The van der Waals surface area contributed by atoms with Gasteiger partial charge in [0.05, 0.1) is 7.11 Å². The van der Waals surface area contributed by atoms with Crippen LogP contribution in [-0.4, -0.2) is 32.5 Å². The van der Waals surface area contributed by atoms with Crippen LogP contribution in [0.4, 0.5) is 0 Å². The smallest absolute Gasteiger partial charge is 0.161 e. The van der Waals surface area contributed by atoms with Crippen molar-refractivity contribution >= 4 is 0 Å². The average molecular weight is 251 g/mol. The molecule has 3 unspecified atom stereocenters. The summed E-state index contributed by atoms with van der Waals surface area (Å²) in [5.74, 6) is 1.53. The molecule has 1 aliphatic rings. The highest BCUT2D eigenvalue weighted by Gasteiger charge is 2.41. The second-order valence-electron chi connectivity index (χ2n) is 4.59. The van der Waals surface area contributed by atoms with E-state index in [2.05, 4.69) is 13.0 Å². The molecule has 3 atom stereocenters. The fourth-order valence-corrected chi connectivity index (χ4v) is 2.25. The Labute approximate surface area is 108 Å². The van der Waals surface area contributed by atoms with Gasteiger partial charge in [-0.1, -0.05) is 13.0 Å². The quantitative estimate of drug-likeness (QED) is 0.866. The lowest BCUT2D eigenvalue weighted by Crippen LogP contribution is -2.59. The summed E-state index contributed by atoms with van der Waals surface area (Å²) in [6.45, 7) is 2.11. The van der Waals surface area contributed by atoms with E-state index in [4.69, 9.17) is 19.9 Å². The fraction of sp³-hybridized carbons (Fsp3) is 0.571. The van der Waals surface area contributed by atoms with Crippen molar-refractivity contribution in [1.82, 2.24) is 0 Å². The summed E-state index contributed by atoms with van der Waals surface area (Å²) in [5.41, 5.74) is 7.09. The van der Waals surface area contributed by atoms with Crippen molar-refractivity contribution in [2.24, 2.45) is 5.73 Å². The van der Waals surface area contributed by atoms with Gasteiger partial charge in [-0.25, -0.2) is 0 Å². The van der Waals surface area contributed by atoms with E-state index in [1.165, 1.54) is 5.56 Å². The lowest BCUT2D eigenvalue weighted by Gasteiger charge is -2.41. The molecule has 0 bridgehead atoms. The van der Waals surface area contributed by atoms with Gasteiger partial charge in [-0.05, 0) is 24.1 Å². The minimum atomic E-state index is -0.0273. The zero-order chi connectivity index (χ0) is 13.1. The highest BCUT2D eigenvalue weighted by molar-refractivity contribution is 5.43. The van der Waals surface area contributed by atoms with E-state index in [1.807, 2.05) is 12.1 Å². The largest absolute Gasteiger partial charge is 0.493 e. The van der Waals surface area contributed by atoms with E-state index in [-0.39, 0.29) is 18.2 Å². The fourth-order valence-electron chi connectivity index (χ4n) is 2.25. The van der Waals surface area contributed by atoms with Gasteiger partial charge < -0.3 is 19.9 Å². The van der Waals surface area contributed by atoms with Crippen LogP contribution in [0.1, 0.15) is 18.9 Å². The van der Waals surface area contributed by atoms with Gasteiger partial charge in [-0.3, -0.25) is 0 Å². The van der Waals surface area contributed by atoms with Crippen molar-refractivity contribution in [3.05, 3.63) is 23.8 Å². The van der Waals surface area contributed by atoms with Crippen molar-refractivity contribution in [3.8, 4) is 11.5 Å². The number of ether oxygens (including phenoxy) is 3. The molecule has 0 saturated heterocycles. The monoisotopic (exact) mass is 251 g/mol. The maximum atomic E-state index is 5.92. The van der Waals surface area contributed by atoms with Gasteiger partial charge in [0.2, 0.25) is 0 Å². The van der Waals surface area contributed by atoms with Crippen LogP contribution >= 0.6 is 0 Å². The van der Waals surface area contributed by atoms with Crippen LogP contribution in [0.2, 0.25) is 0 Å². The first-order valence-corrected chi connectivity index (χ1v) is 6.31. The van der Waals surface area contributed by atoms with Crippen molar-refractivity contribution in [1.29, 1.82) is 0 Å². The molecule has 1 aliphatic carbocycles. The summed E-state index contributed by atoms with van der Waals surface area (Å²) in [4.78, 5) is 0. The molecule has 1 saturated carbocycles. The second-order valence-corrected chi connectivity index (χ2v) is 4.59. The van der Waals surface area contributed by atoms with Crippen molar-refractivity contribution < 1.29 is 14.2 Å². The van der Waals surface area contributed by atoms with Crippen molar-refractivity contribution in [2.75, 3.05) is 14.2 Å². The highest BCUT2D eigenvalue weighted by atomic mass is 16.6. The standard InChI is InChI=1S/C14H21NO3/c1-4-9-5-6-11(12(7-9)16-2)18-13-8-10(15)14(13)17-3/h5-7,10,13-14H,4,8,15H2,1-3H3. The third-order valence-corrected chi connectivity index (χ3v) is 3.48. The molecular formula is C14H21NO3. The Balaban J connectivity index is 2.09. The molecular weight excluding hydrogens is 230 g/mol. The SMILES string of the molecule is CCc1ccc(OC2CC(N)C2OC)c(OC)c1. The lowest BCUT2D eigenvalue weighted by molar-refractivity contribution is -0.0788. The molecule has 0 radical (unpaired) electrons. The molecule has 4 heteroatoms. The maximum absolute atomic E-state index is 5.92. The molecule has 4 nitrogen and oxygen atoms in total. The van der Waals surface area contributed by atoms with E-state index in [1.54, 1.807) is 14.2 Å². The number of hydrogen-bond acceptors (Lipinski definition) is 4. The van der Waals surface area contributed by atoms with Crippen LogP contribution < -0.4 is 15.2 Å². The first-order valence-electron chi connectivity index (χ1n) is 6.31. The third-order valence-electron chi connectivity index (χ3n) is 3.48. The normalized spacial score (nSPS) is 26.6. The summed E-state index contributed by atoms with van der Waals surface area (Å²) in [7, 11) is 3.32. The lowest BCUT2D eigenvalue weighted by atomic mass is 9.86. The Morgan fingerprint density at radius 2 is 2.06 bits per heavy atom. The van der Waals surface area contributed by atoms with Crippen LogP contribution in [0.5, 0.6) is 11.5 Å². The number of methoxy groups -OCH3 is 2. The van der Waals surface area contributed by atoms with Crippen molar-refractivity contribution in [2.45, 2.75) is 38.0 Å². The average Bonchev–Trinajstić information content (AvgIpc) is 2.38. The molecule has 18 heavy (non-hydrogen) atoms. The van der Waals surface area contributed by atoms with E-state index >= 15 is 0 Å². The van der Waals surface area contributed by atoms with Gasteiger partial charge in [-0.2, -0.15) is 0 Å². The summed E-state index contributed by atoms with van der Waals surface area (Å²) in [6, 6.07) is 6.09. The van der Waals surface area contributed by atoms with Crippen LogP contribution in [0.25, 0.3) is 0 Å². The van der Waals surface area contributed by atoms with Gasteiger partial charge in [0.15, 0.2) is 11.5 Å². The summed E-state index contributed by atoms with van der Waals surface area (Å²) < 4.78 is 16.6. The van der Waals surface area contributed by atoms with Gasteiger partial charge in [0.1, 0.15) is 12.2 Å². The van der Waals surface area contributed by atoms with Gasteiger partial charge in [0, 0.05) is 19.6 Å². The Hall–Kier alpha value is -1.26. The zero-order valence-electron chi connectivity index (χ0n) is 11.2. The van der Waals surface area contributed by atoms with E-state index in [0.717, 1.165) is 24.3 Å². The molecule has 100 valence electrons. The summed E-state index contributed by atoms with van der Waals surface area (Å²) in [5, 5.41) is 0. The molecule has 1 aromatic rings. The zero-order valence-corrected chi connectivity index (χ0v) is 11.2. The number of rotatable bonds is 5. The Morgan fingerprint density at radius 1 is 1.28 bits per heavy atom. The van der Waals surface area contributed by atoms with Gasteiger partial charge >= 0.3 is 0 Å². The number of nitrogens with two attached hydrogens (primary N) is 1. The maximum Gasteiger partial charge on any atom is 0.161 e. The molecule has 0 aromatic heterocycles. The predicted octanol–water partition coefficient (Wildman–Crippen LogP) is 1.75. The molecule has 0 amide bonds. The Morgan fingerprint density at radius 3 is 2.61 bits per heavy atom. The van der Waals surface area contributed by atoms with Crippen molar-refractivity contribution in [3.63, 3.8) is 0 Å². The number of hydrogen-bond donors (Lipinski definition) is 1. The first kappa shape index (κ1) is 13.2. The van der Waals surface area contributed by atoms with Gasteiger partial charge in [0.25, 0.3) is 0 Å². The summed E-state index contributed by atoms with van der Waals surface area (Å²) in [6.07, 6.45) is 1.79. The molecule has 1 aromatic carbocycles. The van der Waals surface area contributed by atoms with E-state index in [0.29, 0.717) is 0 Å². The van der Waals surface area contributed by atoms with Crippen LogP contribution in [0.15, 0.2) is 18.2 Å².